The third kappa shape index (κ3) is 5.43. The van der Waals surface area contributed by atoms with Gasteiger partial charge < -0.3 is 9.84 Å². The third-order valence-corrected chi connectivity index (χ3v) is 7.64. The average molecular weight is 479 g/mol. The van der Waals surface area contributed by atoms with Gasteiger partial charge >= 0.3 is 5.97 Å². The molecule has 3 rings (SSSR count). The summed E-state index contributed by atoms with van der Waals surface area (Å²) >= 11 is 0.979. The molecule has 1 heterocycles. The standard InChI is InChI=1S/C22H23FN2O5S2/c1-14-4-9-20(30-12-17-5-7-18(8-6-17)21(26)27)19(10-14)25(11-15(2)23)32(28,29)22-24-16(3)13-31-22/h4-10,13,15H,11-12H2,1-3H3,(H,26,27). The van der Waals surface area contributed by atoms with Gasteiger partial charge in [0.15, 0.2) is 0 Å². The predicted molar refractivity (Wildman–Crippen MR) is 121 cm³/mol. The number of rotatable bonds is 9. The Morgan fingerprint density at radius 2 is 1.91 bits per heavy atom. The lowest BCUT2D eigenvalue weighted by Gasteiger charge is -2.26. The van der Waals surface area contributed by atoms with Crippen LogP contribution in [0.4, 0.5) is 10.1 Å². The molecule has 32 heavy (non-hydrogen) atoms. The second-order valence-electron chi connectivity index (χ2n) is 7.33. The van der Waals surface area contributed by atoms with E-state index in [-0.39, 0.29) is 27.9 Å². The number of aromatic carboxylic acids is 1. The van der Waals surface area contributed by atoms with Crippen LogP contribution in [0.15, 0.2) is 52.2 Å². The molecule has 1 aromatic heterocycles. The minimum Gasteiger partial charge on any atom is -0.487 e. The highest BCUT2D eigenvalue weighted by atomic mass is 32.2. The van der Waals surface area contributed by atoms with Gasteiger partial charge in [0.25, 0.3) is 10.0 Å². The van der Waals surface area contributed by atoms with Gasteiger partial charge in [-0.25, -0.2) is 14.2 Å². The number of hydrogen-bond donors (Lipinski definition) is 1. The summed E-state index contributed by atoms with van der Waals surface area (Å²) in [4.78, 5) is 15.1. The van der Waals surface area contributed by atoms with E-state index in [0.717, 1.165) is 21.2 Å². The largest absolute Gasteiger partial charge is 0.487 e. The lowest BCUT2D eigenvalue weighted by molar-refractivity contribution is 0.0697. The number of sulfonamides is 1. The molecule has 3 aromatic rings. The Bertz CT molecular complexity index is 1210. The van der Waals surface area contributed by atoms with E-state index in [1.807, 2.05) is 0 Å². The van der Waals surface area contributed by atoms with Crippen molar-refractivity contribution in [1.29, 1.82) is 0 Å². The quantitative estimate of drug-likeness (QED) is 0.483. The lowest BCUT2D eigenvalue weighted by atomic mass is 10.1. The average Bonchev–Trinajstić information content (AvgIpc) is 3.18. The zero-order valence-electron chi connectivity index (χ0n) is 17.8. The highest BCUT2D eigenvalue weighted by molar-refractivity contribution is 7.94. The van der Waals surface area contributed by atoms with Gasteiger partial charge in [0.05, 0.1) is 17.8 Å². The Hall–Kier alpha value is -2.98. The second kappa shape index (κ2) is 9.66. The van der Waals surface area contributed by atoms with Gasteiger partial charge in [0.2, 0.25) is 4.34 Å². The van der Waals surface area contributed by atoms with Crippen molar-refractivity contribution in [1.82, 2.24) is 4.98 Å². The fourth-order valence-corrected chi connectivity index (χ4v) is 5.62. The summed E-state index contributed by atoms with van der Waals surface area (Å²) < 4.78 is 47.5. The minimum absolute atomic E-state index is 0.0748. The van der Waals surface area contributed by atoms with E-state index in [2.05, 4.69) is 4.98 Å². The first-order valence-corrected chi connectivity index (χ1v) is 12.0. The summed E-state index contributed by atoms with van der Waals surface area (Å²) in [6, 6.07) is 11.2. The predicted octanol–water partition coefficient (Wildman–Crippen LogP) is 4.59. The molecule has 1 N–H and O–H groups in total. The van der Waals surface area contributed by atoms with Crippen molar-refractivity contribution in [3.8, 4) is 5.75 Å². The molecule has 0 aliphatic carbocycles. The van der Waals surface area contributed by atoms with Crippen molar-refractivity contribution in [2.75, 3.05) is 10.8 Å². The van der Waals surface area contributed by atoms with Crippen molar-refractivity contribution in [2.45, 2.75) is 37.9 Å². The number of nitrogens with zero attached hydrogens (tertiary/aromatic N) is 2. The van der Waals surface area contributed by atoms with Crippen molar-refractivity contribution in [2.24, 2.45) is 0 Å². The molecule has 0 aliphatic rings. The maximum absolute atomic E-state index is 14.1. The zero-order chi connectivity index (χ0) is 23.5. The molecule has 0 radical (unpaired) electrons. The van der Waals surface area contributed by atoms with E-state index in [1.165, 1.54) is 19.1 Å². The Kier molecular flexibility index (Phi) is 7.15. The van der Waals surface area contributed by atoms with Gasteiger partial charge in [-0.1, -0.05) is 18.2 Å². The molecule has 0 fully saturated rings. The number of benzene rings is 2. The summed E-state index contributed by atoms with van der Waals surface area (Å²) in [6.45, 7) is 4.46. The molecule has 1 unspecified atom stereocenters. The number of thiazole rings is 1. The van der Waals surface area contributed by atoms with Gasteiger partial charge in [-0.2, -0.15) is 8.42 Å². The number of carboxylic acid groups (broad SMARTS) is 1. The fourth-order valence-electron chi connectivity index (χ4n) is 2.95. The molecule has 2 aromatic carbocycles. The second-order valence-corrected chi connectivity index (χ2v) is 10.2. The highest BCUT2D eigenvalue weighted by Gasteiger charge is 2.31. The number of alkyl halides is 1. The first-order chi connectivity index (χ1) is 15.1. The monoisotopic (exact) mass is 478 g/mol. The van der Waals surface area contributed by atoms with Crippen LogP contribution in [0.1, 0.15) is 34.1 Å². The summed E-state index contributed by atoms with van der Waals surface area (Å²) in [7, 11) is -4.11. The summed E-state index contributed by atoms with van der Waals surface area (Å²) in [5, 5.41) is 10.6. The summed E-state index contributed by atoms with van der Waals surface area (Å²) in [5.74, 6) is -0.771. The lowest BCUT2D eigenvalue weighted by Crippen LogP contribution is -2.36. The van der Waals surface area contributed by atoms with E-state index >= 15 is 0 Å². The van der Waals surface area contributed by atoms with E-state index < -0.39 is 28.7 Å². The van der Waals surface area contributed by atoms with Crippen LogP contribution >= 0.6 is 11.3 Å². The van der Waals surface area contributed by atoms with Crippen molar-refractivity contribution in [3.63, 3.8) is 0 Å². The summed E-state index contributed by atoms with van der Waals surface area (Å²) in [5.41, 5.74) is 2.40. The molecule has 0 amide bonds. The van der Waals surface area contributed by atoms with Gasteiger partial charge in [-0.15, -0.1) is 11.3 Å². The molecule has 0 aliphatic heterocycles. The molecule has 7 nitrogen and oxygen atoms in total. The van der Waals surface area contributed by atoms with E-state index in [1.54, 1.807) is 49.6 Å². The smallest absolute Gasteiger partial charge is 0.335 e. The Labute approximate surface area is 190 Å². The number of carbonyl (C=O) groups is 1. The maximum atomic E-state index is 14.1. The van der Waals surface area contributed by atoms with Crippen LogP contribution < -0.4 is 9.04 Å². The molecular formula is C22H23FN2O5S2. The van der Waals surface area contributed by atoms with Gasteiger partial charge in [-0.3, -0.25) is 4.31 Å². The highest BCUT2D eigenvalue weighted by Crippen LogP contribution is 2.35. The topological polar surface area (TPSA) is 96.8 Å². The number of anilines is 1. The van der Waals surface area contributed by atoms with Crippen LogP contribution in [0.3, 0.4) is 0 Å². The maximum Gasteiger partial charge on any atom is 0.335 e. The van der Waals surface area contributed by atoms with Crippen molar-refractivity contribution < 1.29 is 27.4 Å². The molecule has 1 atom stereocenters. The molecule has 0 saturated heterocycles. The van der Waals surface area contributed by atoms with Crippen LogP contribution in [0.25, 0.3) is 0 Å². The van der Waals surface area contributed by atoms with Crippen LogP contribution in [0.2, 0.25) is 0 Å². The molecule has 0 saturated carbocycles. The van der Waals surface area contributed by atoms with E-state index in [0.29, 0.717) is 11.3 Å². The normalized spacial score (nSPS) is 12.4. The van der Waals surface area contributed by atoms with Crippen LogP contribution in [-0.4, -0.2) is 37.2 Å². The summed E-state index contributed by atoms with van der Waals surface area (Å²) in [6.07, 6.45) is -1.43. The molecule has 0 spiro atoms. The molecule has 10 heteroatoms. The fraction of sp³-hybridized carbons (Fsp3) is 0.273. The van der Waals surface area contributed by atoms with Gasteiger partial charge in [-0.05, 0) is 56.2 Å². The number of halogens is 1. The third-order valence-electron chi connectivity index (χ3n) is 4.50. The van der Waals surface area contributed by atoms with E-state index in [9.17, 15) is 17.6 Å². The molecule has 170 valence electrons. The van der Waals surface area contributed by atoms with Crippen molar-refractivity contribution in [3.05, 3.63) is 70.2 Å². The first-order valence-electron chi connectivity index (χ1n) is 9.72. The number of carboxylic acids is 1. The van der Waals surface area contributed by atoms with Crippen LogP contribution in [-0.2, 0) is 16.6 Å². The van der Waals surface area contributed by atoms with Crippen LogP contribution in [0.5, 0.6) is 5.75 Å². The Morgan fingerprint density at radius 1 is 1.22 bits per heavy atom. The van der Waals surface area contributed by atoms with Gasteiger partial charge in [0.1, 0.15) is 18.5 Å². The van der Waals surface area contributed by atoms with Crippen molar-refractivity contribution >= 4 is 33.0 Å². The Balaban J connectivity index is 1.96. The first kappa shape index (κ1) is 23.7. The number of aromatic nitrogens is 1. The van der Waals surface area contributed by atoms with Crippen LogP contribution in [0, 0.1) is 13.8 Å². The SMILES string of the molecule is Cc1ccc(OCc2ccc(C(=O)O)cc2)c(N(CC(C)F)S(=O)(=O)c2nc(C)cs2)c1. The zero-order valence-corrected chi connectivity index (χ0v) is 19.4. The molecule has 0 bridgehead atoms. The number of ether oxygens (including phenoxy) is 1. The minimum atomic E-state index is -4.11. The number of aryl methyl sites for hydroxylation is 2. The van der Waals surface area contributed by atoms with E-state index in [4.69, 9.17) is 9.84 Å². The number of hydrogen-bond acceptors (Lipinski definition) is 6. The molecular weight excluding hydrogens is 455 g/mol. The van der Waals surface area contributed by atoms with Gasteiger partial charge in [0, 0.05) is 11.1 Å². The Morgan fingerprint density at radius 3 is 2.47 bits per heavy atom.